The average molecular weight is 411 g/mol. The standard InChI is InChI=1S/C20H22N6O2S/c1-3-13-26-17(15-9-11-21-12-10-15)24-25-20(26)29-14(2)18(27)23-19(28)22-16-7-5-4-6-8-16/h4-12,14H,3,13H2,1-2H3,(H2,22,23,27,28). The third kappa shape index (κ3) is 5.41. The molecule has 150 valence electrons. The highest BCUT2D eigenvalue weighted by Crippen LogP contribution is 2.27. The number of urea groups is 1. The molecule has 0 spiro atoms. The van der Waals surface area contributed by atoms with Crippen LogP contribution in [0.3, 0.4) is 0 Å². The van der Waals surface area contributed by atoms with Gasteiger partial charge in [-0.1, -0.05) is 36.9 Å². The number of nitrogens with one attached hydrogen (secondary N) is 2. The zero-order chi connectivity index (χ0) is 20.6. The van der Waals surface area contributed by atoms with Crippen molar-refractivity contribution in [3.8, 4) is 11.4 Å². The number of imide groups is 1. The van der Waals surface area contributed by atoms with Gasteiger partial charge < -0.3 is 9.88 Å². The smallest absolute Gasteiger partial charge is 0.308 e. The molecule has 1 atom stereocenters. The number of carbonyl (C=O) groups excluding carboxylic acids is 2. The quantitative estimate of drug-likeness (QED) is 0.577. The molecule has 2 aromatic heterocycles. The molecule has 29 heavy (non-hydrogen) atoms. The Morgan fingerprint density at radius 2 is 1.83 bits per heavy atom. The Kier molecular flexibility index (Phi) is 6.96. The fourth-order valence-corrected chi connectivity index (χ4v) is 3.50. The number of rotatable bonds is 7. The summed E-state index contributed by atoms with van der Waals surface area (Å²) in [6.45, 7) is 4.51. The van der Waals surface area contributed by atoms with E-state index in [0.717, 1.165) is 24.4 Å². The summed E-state index contributed by atoms with van der Waals surface area (Å²) in [5.74, 6) is 0.325. The monoisotopic (exact) mass is 410 g/mol. The number of nitrogens with zero attached hydrogens (tertiary/aromatic N) is 4. The van der Waals surface area contributed by atoms with E-state index in [1.54, 1.807) is 43.6 Å². The second kappa shape index (κ2) is 9.83. The van der Waals surface area contributed by atoms with Gasteiger partial charge in [0.1, 0.15) is 0 Å². The number of benzene rings is 1. The van der Waals surface area contributed by atoms with Gasteiger partial charge in [-0.25, -0.2) is 4.79 Å². The molecule has 0 aliphatic carbocycles. The van der Waals surface area contributed by atoms with E-state index in [4.69, 9.17) is 0 Å². The van der Waals surface area contributed by atoms with E-state index >= 15 is 0 Å². The van der Waals surface area contributed by atoms with E-state index in [0.29, 0.717) is 10.8 Å². The average Bonchev–Trinajstić information content (AvgIpc) is 3.12. The van der Waals surface area contributed by atoms with Gasteiger partial charge in [-0.2, -0.15) is 0 Å². The Hall–Kier alpha value is -3.20. The molecule has 0 radical (unpaired) electrons. The third-order valence-corrected chi connectivity index (χ3v) is 5.10. The molecule has 3 rings (SSSR count). The molecule has 8 nitrogen and oxygen atoms in total. The predicted molar refractivity (Wildman–Crippen MR) is 112 cm³/mol. The van der Waals surface area contributed by atoms with Crippen molar-refractivity contribution in [2.45, 2.75) is 37.2 Å². The molecule has 1 aromatic carbocycles. The topological polar surface area (TPSA) is 102 Å². The molecule has 1 unspecified atom stereocenters. The Bertz CT molecular complexity index is 962. The molecule has 0 fully saturated rings. The number of anilines is 1. The number of para-hydroxylation sites is 1. The Labute approximate surface area is 173 Å². The van der Waals surface area contributed by atoms with E-state index in [1.807, 2.05) is 22.8 Å². The summed E-state index contributed by atoms with van der Waals surface area (Å²) in [7, 11) is 0. The maximum absolute atomic E-state index is 12.4. The van der Waals surface area contributed by atoms with Gasteiger partial charge in [-0.05, 0) is 37.6 Å². The van der Waals surface area contributed by atoms with Gasteiger partial charge in [0, 0.05) is 30.2 Å². The van der Waals surface area contributed by atoms with Gasteiger partial charge >= 0.3 is 6.03 Å². The fourth-order valence-electron chi connectivity index (χ4n) is 2.62. The maximum atomic E-state index is 12.4. The van der Waals surface area contributed by atoms with Crippen molar-refractivity contribution < 1.29 is 9.59 Å². The number of aromatic nitrogens is 4. The highest BCUT2D eigenvalue weighted by atomic mass is 32.2. The molecule has 3 amide bonds. The number of thioether (sulfide) groups is 1. The van der Waals surface area contributed by atoms with Crippen LogP contribution in [-0.4, -0.2) is 36.9 Å². The lowest BCUT2D eigenvalue weighted by Gasteiger charge is -2.13. The lowest BCUT2D eigenvalue weighted by Crippen LogP contribution is -2.38. The minimum Gasteiger partial charge on any atom is -0.308 e. The first-order valence-corrected chi connectivity index (χ1v) is 10.1. The van der Waals surface area contributed by atoms with Crippen LogP contribution in [0.1, 0.15) is 20.3 Å². The summed E-state index contributed by atoms with van der Waals surface area (Å²) in [5.41, 5.74) is 1.52. The zero-order valence-electron chi connectivity index (χ0n) is 16.2. The Morgan fingerprint density at radius 3 is 2.52 bits per heavy atom. The van der Waals surface area contributed by atoms with Gasteiger partial charge in [0.05, 0.1) is 5.25 Å². The zero-order valence-corrected chi connectivity index (χ0v) is 17.0. The molecule has 0 aliphatic heterocycles. The second-order valence-electron chi connectivity index (χ2n) is 6.26. The van der Waals surface area contributed by atoms with Crippen molar-refractivity contribution >= 4 is 29.4 Å². The van der Waals surface area contributed by atoms with Crippen LogP contribution < -0.4 is 10.6 Å². The molecule has 3 aromatic rings. The first-order chi connectivity index (χ1) is 14.1. The molecular formula is C20H22N6O2S. The Morgan fingerprint density at radius 1 is 1.10 bits per heavy atom. The van der Waals surface area contributed by atoms with E-state index in [-0.39, 0.29) is 0 Å². The lowest BCUT2D eigenvalue weighted by atomic mass is 10.2. The maximum Gasteiger partial charge on any atom is 0.325 e. The normalized spacial score (nSPS) is 11.7. The summed E-state index contributed by atoms with van der Waals surface area (Å²) >= 11 is 1.26. The molecule has 2 heterocycles. The molecular weight excluding hydrogens is 388 g/mol. The van der Waals surface area contributed by atoms with Crippen LogP contribution in [0.15, 0.2) is 60.0 Å². The minimum atomic E-state index is -0.568. The van der Waals surface area contributed by atoms with Crippen LogP contribution >= 0.6 is 11.8 Å². The van der Waals surface area contributed by atoms with Gasteiger partial charge in [-0.3, -0.25) is 15.1 Å². The number of amides is 3. The molecule has 0 aliphatic rings. The van der Waals surface area contributed by atoms with E-state index in [2.05, 4.69) is 32.7 Å². The first kappa shape index (κ1) is 20.5. The highest BCUT2D eigenvalue weighted by molar-refractivity contribution is 8.00. The van der Waals surface area contributed by atoms with Crippen molar-refractivity contribution in [3.05, 3.63) is 54.9 Å². The molecule has 0 bridgehead atoms. The van der Waals surface area contributed by atoms with Crippen LogP contribution in [0.25, 0.3) is 11.4 Å². The van der Waals surface area contributed by atoms with Crippen LogP contribution in [0.4, 0.5) is 10.5 Å². The summed E-state index contributed by atoms with van der Waals surface area (Å²) in [6, 6.07) is 12.1. The summed E-state index contributed by atoms with van der Waals surface area (Å²) in [5, 5.41) is 13.6. The lowest BCUT2D eigenvalue weighted by molar-refractivity contribution is -0.119. The number of pyridine rings is 1. The van der Waals surface area contributed by atoms with Crippen LogP contribution in [0.2, 0.25) is 0 Å². The van der Waals surface area contributed by atoms with Crippen molar-refractivity contribution in [2.75, 3.05) is 5.32 Å². The van der Waals surface area contributed by atoms with Crippen molar-refractivity contribution in [1.29, 1.82) is 0 Å². The molecule has 9 heteroatoms. The largest absolute Gasteiger partial charge is 0.325 e. The van der Waals surface area contributed by atoms with Crippen LogP contribution in [-0.2, 0) is 11.3 Å². The van der Waals surface area contributed by atoms with Gasteiger partial charge in [0.15, 0.2) is 11.0 Å². The summed E-state index contributed by atoms with van der Waals surface area (Å²) in [4.78, 5) is 28.5. The number of hydrogen-bond donors (Lipinski definition) is 2. The second-order valence-corrected chi connectivity index (χ2v) is 7.57. The van der Waals surface area contributed by atoms with Crippen LogP contribution in [0.5, 0.6) is 0 Å². The van der Waals surface area contributed by atoms with E-state index < -0.39 is 17.2 Å². The number of carbonyl (C=O) groups is 2. The minimum absolute atomic E-state index is 0.403. The van der Waals surface area contributed by atoms with Crippen molar-refractivity contribution in [1.82, 2.24) is 25.1 Å². The van der Waals surface area contributed by atoms with Gasteiger partial charge in [-0.15, -0.1) is 10.2 Å². The fraction of sp³-hybridized carbons (Fsp3) is 0.250. The van der Waals surface area contributed by atoms with Gasteiger partial charge in [0.25, 0.3) is 0 Å². The first-order valence-electron chi connectivity index (χ1n) is 9.25. The van der Waals surface area contributed by atoms with Crippen molar-refractivity contribution in [2.24, 2.45) is 0 Å². The molecule has 0 saturated heterocycles. The summed E-state index contributed by atoms with van der Waals surface area (Å²) < 4.78 is 1.98. The van der Waals surface area contributed by atoms with Gasteiger partial charge in [0.2, 0.25) is 5.91 Å². The Balaban J connectivity index is 1.66. The molecule has 0 saturated carbocycles. The summed E-state index contributed by atoms with van der Waals surface area (Å²) in [6.07, 6.45) is 4.30. The number of hydrogen-bond acceptors (Lipinski definition) is 6. The molecule has 2 N–H and O–H groups in total. The van der Waals surface area contributed by atoms with Crippen molar-refractivity contribution in [3.63, 3.8) is 0 Å². The highest BCUT2D eigenvalue weighted by Gasteiger charge is 2.22. The van der Waals surface area contributed by atoms with E-state index in [9.17, 15) is 9.59 Å². The SMILES string of the molecule is CCCn1c(SC(C)C(=O)NC(=O)Nc2ccccc2)nnc1-c1ccncc1. The third-order valence-electron chi connectivity index (χ3n) is 4.02. The van der Waals surface area contributed by atoms with Crippen LogP contribution in [0, 0.1) is 0 Å². The van der Waals surface area contributed by atoms with E-state index in [1.165, 1.54) is 11.8 Å². The predicted octanol–water partition coefficient (Wildman–Crippen LogP) is 3.58.